The van der Waals surface area contributed by atoms with Gasteiger partial charge < -0.3 is 14.5 Å². The van der Waals surface area contributed by atoms with Crippen LogP contribution in [-0.2, 0) is 9.53 Å². The van der Waals surface area contributed by atoms with E-state index in [-0.39, 0.29) is 23.9 Å². The van der Waals surface area contributed by atoms with Crippen LogP contribution >= 0.6 is 0 Å². The number of pyridine rings is 1. The highest BCUT2D eigenvalue weighted by atomic mass is 16.5. The highest BCUT2D eigenvalue weighted by Gasteiger charge is 2.43. The normalized spacial score (nSPS) is 21.1. The van der Waals surface area contributed by atoms with Crippen molar-refractivity contribution in [1.29, 1.82) is 0 Å². The Bertz CT molecular complexity index is 928. The molecule has 3 heterocycles. The summed E-state index contributed by atoms with van der Waals surface area (Å²) in [6.45, 7) is 5.85. The lowest BCUT2D eigenvalue weighted by molar-refractivity contribution is -0.136. The average molecular weight is 396 g/mol. The topological polar surface area (TPSA) is 62.7 Å². The molecule has 2 fully saturated rings. The number of likely N-dealkylation sites (tertiary alicyclic amines) is 1. The summed E-state index contributed by atoms with van der Waals surface area (Å²) < 4.78 is 5.07. The van der Waals surface area contributed by atoms with E-state index in [1.165, 1.54) is 0 Å². The Morgan fingerprint density at radius 3 is 2.62 bits per heavy atom. The first-order valence-corrected chi connectivity index (χ1v) is 10.5. The van der Waals surface area contributed by atoms with Crippen molar-refractivity contribution < 1.29 is 14.3 Å². The summed E-state index contributed by atoms with van der Waals surface area (Å²) in [7, 11) is 1.66. The van der Waals surface area contributed by atoms with Gasteiger partial charge in [-0.1, -0.05) is 6.07 Å². The lowest BCUT2D eigenvalue weighted by Crippen LogP contribution is -2.57. The van der Waals surface area contributed by atoms with Crippen LogP contribution in [0.4, 0.5) is 0 Å². The van der Waals surface area contributed by atoms with Gasteiger partial charge in [-0.2, -0.15) is 0 Å². The number of carbonyl (C=O) groups excluding carboxylic acids is 2. The molecule has 154 valence electrons. The number of benzene rings is 1. The molecule has 2 aromatic rings. The van der Waals surface area contributed by atoms with Crippen molar-refractivity contribution >= 4 is 22.7 Å². The zero-order valence-electron chi connectivity index (χ0n) is 17.5. The van der Waals surface area contributed by atoms with Crippen molar-refractivity contribution in [3.63, 3.8) is 0 Å². The van der Waals surface area contributed by atoms with Gasteiger partial charge in [0.05, 0.1) is 5.52 Å². The number of rotatable bonds is 5. The first-order valence-electron chi connectivity index (χ1n) is 10.5. The number of methoxy groups -OCH3 is 1. The summed E-state index contributed by atoms with van der Waals surface area (Å²) in [6.07, 6.45) is 5.01. The minimum atomic E-state index is 0.0692. The number of aryl methyl sites for hydroxylation is 2. The molecule has 0 aliphatic carbocycles. The van der Waals surface area contributed by atoms with Crippen LogP contribution in [0, 0.1) is 13.8 Å². The smallest absolute Gasteiger partial charge is 0.254 e. The van der Waals surface area contributed by atoms with Gasteiger partial charge in [-0.3, -0.25) is 14.6 Å². The van der Waals surface area contributed by atoms with E-state index in [4.69, 9.17) is 4.74 Å². The Labute approximate surface area is 171 Å². The maximum atomic E-state index is 13.4. The number of nitrogens with zero attached hydrogens (tertiary/aromatic N) is 3. The summed E-state index contributed by atoms with van der Waals surface area (Å²) in [4.78, 5) is 34.6. The van der Waals surface area contributed by atoms with E-state index in [0.29, 0.717) is 26.1 Å². The molecule has 0 N–H and O–H groups in total. The van der Waals surface area contributed by atoms with Crippen LogP contribution in [0.25, 0.3) is 10.9 Å². The second kappa shape index (κ2) is 8.11. The molecule has 2 aliphatic rings. The lowest BCUT2D eigenvalue weighted by atomic mass is 9.98. The Morgan fingerprint density at radius 1 is 1.21 bits per heavy atom. The van der Waals surface area contributed by atoms with Gasteiger partial charge in [-0.05, 0) is 56.4 Å². The van der Waals surface area contributed by atoms with Crippen LogP contribution in [0.2, 0.25) is 0 Å². The number of piperazine rings is 1. The molecule has 2 aliphatic heterocycles. The van der Waals surface area contributed by atoms with Gasteiger partial charge in [0.25, 0.3) is 5.91 Å². The fourth-order valence-electron chi connectivity index (χ4n) is 4.93. The SMILES string of the molecule is COCCCC(=O)N1C2CCC1CN(C(=O)c1cc(C)c3ncccc3c1C)C2. The van der Waals surface area contributed by atoms with Gasteiger partial charge >= 0.3 is 0 Å². The molecular weight excluding hydrogens is 366 g/mol. The van der Waals surface area contributed by atoms with Crippen molar-refractivity contribution in [2.75, 3.05) is 26.8 Å². The summed E-state index contributed by atoms with van der Waals surface area (Å²) >= 11 is 0. The van der Waals surface area contributed by atoms with E-state index in [1.54, 1.807) is 13.3 Å². The Morgan fingerprint density at radius 2 is 1.93 bits per heavy atom. The largest absolute Gasteiger partial charge is 0.385 e. The van der Waals surface area contributed by atoms with Crippen molar-refractivity contribution in [3.8, 4) is 0 Å². The van der Waals surface area contributed by atoms with Gasteiger partial charge in [0, 0.05) is 62.5 Å². The van der Waals surface area contributed by atoms with Gasteiger partial charge in [0.2, 0.25) is 5.91 Å². The molecule has 29 heavy (non-hydrogen) atoms. The zero-order chi connectivity index (χ0) is 20.5. The molecule has 1 aromatic carbocycles. The lowest BCUT2D eigenvalue weighted by Gasteiger charge is -2.41. The van der Waals surface area contributed by atoms with Gasteiger partial charge in [-0.25, -0.2) is 0 Å². The fraction of sp³-hybridized carbons (Fsp3) is 0.522. The maximum Gasteiger partial charge on any atom is 0.254 e. The summed E-state index contributed by atoms with van der Waals surface area (Å²) in [5, 5.41) is 1.03. The molecule has 6 heteroatoms. The number of carbonyl (C=O) groups is 2. The number of ether oxygens (including phenoxy) is 1. The molecule has 6 nitrogen and oxygen atoms in total. The molecule has 2 amide bonds. The number of hydrogen-bond donors (Lipinski definition) is 0. The summed E-state index contributed by atoms with van der Waals surface area (Å²) in [6, 6.07) is 6.18. The molecule has 2 unspecified atom stereocenters. The molecule has 4 rings (SSSR count). The Kier molecular flexibility index (Phi) is 5.54. The third kappa shape index (κ3) is 3.62. The van der Waals surface area contributed by atoms with Crippen molar-refractivity contribution in [2.24, 2.45) is 0 Å². The molecule has 0 spiro atoms. The Balaban J connectivity index is 1.53. The van der Waals surface area contributed by atoms with Crippen LogP contribution in [0.5, 0.6) is 0 Å². The van der Waals surface area contributed by atoms with Crippen LogP contribution < -0.4 is 0 Å². The van der Waals surface area contributed by atoms with E-state index in [0.717, 1.165) is 46.9 Å². The van der Waals surface area contributed by atoms with Crippen molar-refractivity contribution in [2.45, 2.75) is 51.6 Å². The highest BCUT2D eigenvalue weighted by molar-refractivity contribution is 6.01. The Hall–Kier alpha value is -2.47. The predicted octanol–water partition coefficient (Wildman–Crippen LogP) is 3.09. The number of hydrogen-bond acceptors (Lipinski definition) is 4. The number of amides is 2. The molecule has 2 atom stereocenters. The van der Waals surface area contributed by atoms with E-state index in [1.807, 2.05) is 41.8 Å². The monoisotopic (exact) mass is 395 g/mol. The summed E-state index contributed by atoms with van der Waals surface area (Å²) in [5.41, 5.74) is 3.70. The molecule has 2 saturated heterocycles. The second-order valence-electron chi connectivity index (χ2n) is 8.26. The van der Waals surface area contributed by atoms with Gasteiger partial charge in [0.1, 0.15) is 0 Å². The molecule has 0 radical (unpaired) electrons. The van der Waals surface area contributed by atoms with Gasteiger partial charge in [-0.15, -0.1) is 0 Å². The van der Waals surface area contributed by atoms with Crippen LogP contribution in [-0.4, -0.2) is 65.5 Å². The van der Waals surface area contributed by atoms with E-state index in [9.17, 15) is 9.59 Å². The minimum absolute atomic E-state index is 0.0692. The highest BCUT2D eigenvalue weighted by Crippen LogP contribution is 2.33. The minimum Gasteiger partial charge on any atom is -0.385 e. The predicted molar refractivity (Wildman–Crippen MR) is 112 cm³/mol. The zero-order valence-corrected chi connectivity index (χ0v) is 17.5. The van der Waals surface area contributed by atoms with Crippen LogP contribution in [0.15, 0.2) is 24.4 Å². The first kappa shape index (κ1) is 19.8. The third-order valence-corrected chi connectivity index (χ3v) is 6.38. The number of fused-ring (bicyclic) bond motifs is 3. The second-order valence-corrected chi connectivity index (χ2v) is 8.26. The van der Waals surface area contributed by atoms with E-state index >= 15 is 0 Å². The molecule has 0 saturated carbocycles. The third-order valence-electron chi connectivity index (χ3n) is 6.38. The molecule has 1 aromatic heterocycles. The van der Waals surface area contributed by atoms with Crippen molar-refractivity contribution in [3.05, 3.63) is 41.1 Å². The van der Waals surface area contributed by atoms with Crippen LogP contribution in [0.3, 0.4) is 0 Å². The van der Waals surface area contributed by atoms with Crippen molar-refractivity contribution in [1.82, 2.24) is 14.8 Å². The standard InChI is InChI=1S/C23H29N3O3/c1-15-12-20(16(2)19-6-4-10-24-22(15)19)23(28)25-13-17-8-9-18(14-25)26(17)21(27)7-5-11-29-3/h4,6,10,12,17-18H,5,7-9,11,13-14H2,1-3H3. The maximum absolute atomic E-state index is 13.4. The average Bonchev–Trinajstić information content (AvgIpc) is 3.00. The van der Waals surface area contributed by atoms with E-state index < -0.39 is 0 Å². The summed E-state index contributed by atoms with van der Waals surface area (Å²) in [5.74, 6) is 0.269. The molecule has 2 bridgehead atoms. The number of aromatic nitrogens is 1. The van der Waals surface area contributed by atoms with E-state index in [2.05, 4.69) is 4.98 Å². The molecular formula is C23H29N3O3. The quantitative estimate of drug-likeness (QED) is 0.730. The first-order chi connectivity index (χ1) is 14.0. The van der Waals surface area contributed by atoms with Gasteiger partial charge in [0.15, 0.2) is 0 Å². The van der Waals surface area contributed by atoms with Crippen LogP contribution in [0.1, 0.15) is 47.2 Å². The fourth-order valence-corrected chi connectivity index (χ4v) is 4.93.